The van der Waals surface area contributed by atoms with E-state index in [4.69, 9.17) is 9.72 Å². The third-order valence-corrected chi connectivity index (χ3v) is 8.19. The first-order valence-electron chi connectivity index (χ1n) is 13.3. The number of rotatable bonds is 11. The fraction of sp³-hybridized carbons (Fsp3) is 0.448. The van der Waals surface area contributed by atoms with Crippen LogP contribution in [0.15, 0.2) is 58.5 Å². The van der Waals surface area contributed by atoms with Crippen molar-refractivity contribution in [3.05, 3.63) is 70.0 Å². The van der Waals surface area contributed by atoms with E-state index in [9.17, 15) is 14.4 Å². The van der Waals surface area contributed by atoms with Crippen molar-refractivity contribution >= 4 is 34.5 Å². The lowest BCUT2D eigenvalue weighted by Gasteiger charge is -2.22. The molecule has 0 saturated heterocycles. The highest BCUT2D eigenvalue weighted by Crippen LogP contribution is 2.26. The fourth-order valence-electron chi connectivity index (χ4n) is 4.68. The highest BCUT2D eigenvalue weighted by Gasteiger charge is 2.22. The summed E-state index contributed by atoms with van der Waals surface area (Å²) in [5.41, 5.74) is 1.92. The molecule has 1 aliphatic rings. The van der Waals surface area contributed by atoms with Crippen molar-refractivity contribution in [1.29, 1.82) is 0 Å². The molecule has 202 valence electrons. The van der Waals surface area contributed by atoms with Crippen LogP contribution in [-0.2, 0) is 16.1 Å². The smallest absolute Gasteiger partial charge is 0.262 e. The Morgan fingerprint density at radius 3 is 2.55 bits per heavy atom. The summed E-state index contributed by atoms with van der Waals surface area (Å²) in [4.78, 5) is 43.8. The van der Waals surface area contributed by atoms with E-state index >= 15 is 0 Å². The summed E-state index contributed by atoms with van der Waals surface area (Å²) in [6.07, 6.45) is 6.20. The van der Waals surface area contributed by atoms with Gasteiger partial charge in [0.25, 0.3) is 11.5 Å². The average Bonchev–Trinajstić information content (AvgIpc) is 2.94. The maximum atomic E-state index is 13.5. The summed E-state index contributed by atoms with van der Waals surface area (Å²) in [6, 6.07) is 14.8. The number of ether oxygens (including phenoxy) is 1. The van der Waals surface area contributed by atoms with Gasteiger partial charge in [0.2, 0.25) is 5.91 Å². The standard InChI is InChI=1S/C29H36N4O4S/c1-3-25(27(35)30-17-18-37-2)38-29-32-24-12-8-7-11-23(24)28(36)33(29)19-20-13-15-21(16-14-20)26(34)31-22-9-5-4-6-10-22/h7-8,11-16,22,25H,3-6,9-10,17-19H2,1-2H3,(H,30,35)(H,31,34)/t25-/m1/s1. The van der Waals surface area contributed by atoms with Gasteiger partial charge in [-0.1, -0.05) is 62.2 Å². The Bertz CT molecular complexity index is 1300. The molecule has 1 aliphatic carbocycles. The number of aromatic nitrogens is 2. The topological polar surface area (TPSA) is 102 Å². The van der Waals surface area contributed by atoms with E-state index in [0.717, 1.165) is 31.2 Å². The summed E-state index contributed by atoms with van der Waals surface area (Å²) >= 11 is 1.29. The van der Waals surface area contributed by atoms with Gasteiger partial charge in [-0.25, -0.2) is 4.98 Å². The van der Waals surface area contributed by atoms with Crippen LogP contribution in [0.5, 0.6) is 0 Å². The second-order valence-corrected chi connectivity index (χ2v) is 10.8. The van der Waals surface area contributed by atoms with E-state index in [1.807, 2.05) is 37.3 Å². The molecule has 0 aliphatic heterocycles. The molecule has 2 aromatic carbocycles. The molecule has 2 N–H and O–H groups in total. The summed E-state index contributed by atoms with van der Waals surface area (Å²) < 4.78 is 6.65. The Hall–Kier alpha value is -3.17. The number of thioether (sulfide) groups is 1. The zero-order valence-corrected chi connectivity index (χ0v) is 22.9. The highest BCUT2D eigenvalue weighted by molar-refractivity contribution is 8.00. The van der Waals surface area contributed by atoms with Crippen LogP contribution in [0.25, 0.3) is 10.9 Å². The lowest BCUT2D eigenvalue weighted by Crippen LogP contribution is -2.36. The van der Waals surface area contributed by atoms with Crippen LogP contribution < -0.4 is 16.2 Å². The zero-order valence-electron chi connectivity index (χ0n) is 22.1. The number of hydrogen-bond donors (Lipinski definition) is 2. The number of fused-ring (bicyclic) bond motifs is 1. The Kier molecular flexibility index (Phi) is 9.95. The zero-order chi connectivity index (χ0) is 26.9. The van der Waals surface area contributed by atoms with Gasteiger partial charge in [0, 0.05) is 25.3 Å². The van der Waals surface area contributed by atoms with E-state index in [0.29, 0.717) is 41.2 Å². The molecule has 9 heteroatoms. The van der Waals surface area contributed by atoms with E-state index in [2.05, 4.69) is 10.6 Å². The molecule has 0 spiro atoms. The van der Waals surface area contributed by atoms with Gasteiger partial charge in [0.15, 0.2) is 5.16 Å². The van der Waals surface area contributed by atoms with E-state index in [1.54, 1.807) is 29.9 Å². The summed E-state index contributed by atoms with van der Waals surface area (Å²) in [5.74, 6) is -0.175. The molecule has 1 aromatic heterocycles. The van der Waals surface area contributed by atoms with Crippen molar-refractivity contribution in [2.24, 2.45) is 0 Å². The van der Waals surface area contributed by atoms with Gasteiger partial charge in [-0.05, 0) is 49.1 Å². The van der Waals surface area contributed by atoms with Crippen molar-refractivity contribution in [2.75, 3.05) is 20.3 Å². The molecule has 3 aromatic rings. The van der Waals surface area contributed by atoms with Crippen molar-refractivity contribution in [1.82, 2.24) is 20.2 Å². The van der Waals surface area contributed by atoms with Crippen LogP contribution >= 0.6 is 11.8 Å². The van der Waals surface area contributed by atoms with Gasteiger partial charge >= 0.3 is 0 Å². The predicted octanol–water partition coefficient (Wildman–Crippen LogP) is 4.14. The molecule has 0 unspecified atom stereocenters. The number of nitrogens with zero attached hydrogens (tertiary/aromatic N) is 2. The molecule has 1 saturated carbocycles. The number of carbonyl (C=O) groups excluding carboxylic acids is 2. The number of carbonyl (C=O) groups is 2. The third-order valence-electron chi connectivity index (χ3n) is 6.84. The minimum Gasteiger partial charge on any atom is -0.383 e. The van der Waals surface area contributed by atoms with Crippen molar-refractivity contribution in [2.45, 2.75) is 68.4 Å². The molecular formula is C29H36N4O4S. The van der Waals surface area contributed by atoms with Crippen LogP contribution in [0.2, 0.25) is 0 Å². The van der Waals surface area contributed by atoms with Crippen molar-refractivity contribution in [3.8, 4) is 0 Å². The maximum absolute atomic E-state index is 13.5. The number of amides is 2. The van der Waals surface area contributed by atoms with Crippen LogP contribution in [0, 0.1) is 0 Å². The first-order valence-corrected chi connectivity index (χ1v) is 14.2. The molecule has 1 fully saturated rings. The first kappa shape index (κ1) is 27.9. The van der Waals surface area contributed by atoms with E-state index in [-0.39, 0.29) is 30.0 Å². The molecular weight excluding hydrogens is 500 g/mol. The normalized spacial score (nSPS) is 14.8. The van der Waals surface area contributed by atoms with E-state index < -0.39 is 5.25 Å². The van der Waals surface area contributed by atoms with Crippen molar-refractivity contribution in [3.63, 3.8) is 0 Å². The molecule has 2 amide bonds. The quantitative estimate of drug-likeness (QED) is 0.217. The number of para-hydroxylation sites is 1. The molecule has 4 rings (SSSR count). The molecule has 0 bridgehead atoms. The monoisotopic (exact) mass is 536 g/mol. The summed E-state index contributed by atoms with van der Waals surface area (Å²) in [6.45, 7) is 3.07. The van der Waals surface area contributed by atoms with Gasteiger partial charge in [-0.2, -0.15) is 0 Å². The lowest BCUT2D eigenvalue weighted by atomic mass is 9.95. The Balaban J connectivity index is 1.56. The number of nitrogens with one attached hydrogen (secondary N) is 2. The van der Waals surface area contributed by atoms with Crippen molar-refractivity contribution < 1.29 is 14.3 Å². The fourth-order valence-corrected chi connectivity index (χ4v) is 5.71. The van der Waals surface area contributed by atoms with Crippen LogP contribution in [0.4, 0.5) is 0 Å². The number of hydrogen-bond acceptors (Lipinski definition) is 6. The summed E-state index contributed by atoms with van der Waals surface area (Å²) in [7, 11) is 1.59. The van der Waals surface area contributed by atoms with Gasteiger partial charge in [-0.15, -0.1) is 0 Å². The number of methoxy groups -OCH3 is 1. The Labute approximate surface area is 227 Å². The highest BCUT2D eigenvalue weighted by atomic mass is 32.2. The molecule has 0 radical (unpaired) electrons. The molecule has 38 heavy (non-hydrogen) atoms. The first-order chi connectivity index (χ1) is 18.5. The van der Waals surface area contributed by atoms with Crippen LogP contribution in [0.3, 0.4) is 0 Å². The Morgan fingerprint density at radius 1 is 1.11 bits per heavy atom. The molecule has 8 nitrogen and oxygen atoms in total. The van der Waals surface area contributed by atoms with Crippen LogP contribution in [-0.4, -0.2) is 52.9 Å². The van der Waals surface area contributed by atoms with Gasteiger partial charge in [0.05, 0.1) is 29.3 Å². The third kappa shape index (κ3) is 7.02. The minimum absolute atomic E-state index is 0.0606. The minimum atomic E-state index is -0.406. The second-order valence-electron chi connectivity index (χ2n) is 9.61. The SMILES string of the molecule is CC[C@@H](Sc1nc2ccccc2c(=O)n1Cc1ccc(C(=O)NC2CCCCC2)cc1)C(=O)NCCOC. The second kappa shape index (κ2) is 13.6. The Morgan fingerprint density at radius 2 is 1.84 bits per heavy atom. The molecule has 1 atom stereocenters. The average molecular weight is 537 g/mol. The lowest BCUT2D eigenvalue weighted by molar-refractivity contribution is -0.120. The summed E-state index contributed by atoms with van der Waals surface area (Å²) in [5, 5.41) is 6.64. The van der Waals surface area contributed by atoms with Gasteiger partial charge < -0.3 is 15.4 Å². The van der Waals surface area contributed by atoms with Gasteiger partial charge in [-0.3, -0.25) is 19.0 Å². The van der Waals surface area contributed by atoms with Gasteiger partial charge in [0.1, 0.15) is 0 Å². The maximum Gasteiger partial charge on any atom is 0.262 e. The number of benzene rings is 2. The largest absolute Gasteiger partial charge is 0.383 e. The van der Waals surface area contributed by atoms with E-state index in [1.165, 1.54) is 18.2 Å². The van der Waals surface area contributed by atoms with Crippen LogP contribution in [0.1, 0.15) is 61.4 Å². The predicted molar refractivity (Wildman–Crippen MR) is 151 cm³/mol. The molecule has 1 heterocycles.